The summed E-state index contributed by atoms with van der Waals surface area (Å²) in [7, 11) is 0. The van der Waals surface area contributed by atoms with Crippen molar-refractivity contribution in [1.82, 2.24) is 10.2 Å². The number of hydrogen-bond donors (Lipinski definition) is 2. The molecule has 1 aromatic heterocycles. The maximum Gasteiger partial charge on any atom is 0.228 e. The molecule has 4 nitrogen and oxygen atoms in total. The summed E-state index contributed by atoms with van der Waals surface area (Å²) in [4.78, 5) is 11.6. The molecule has 1 aromatic rings. The molecular formula is C9H14BrN3O. The monoisotopic (exact) mass is 259 g/mol. The summed E-state index contributed by atoms with van der Waals surface area (Å²) in [6, 6.07) is 0. The molecule has 0 radical (unpaired) electrons. The molecule has 0 aliphatic carbocycles. The minimum atomic E-state index is -0.00907. The highest BCUT2D eigenvalue weighted by Gasteiger charge is 2.17. The number of hydrogen-bond acceptors (Lipinski definition) is 2. The third-order valence-corrected chi connectivity index (χ3v) is 2.86. The van der Waals surface area contributed by atoms with Gasteiger partial charge < -0.3 is 5.32 Å². The lowest BCUT2D eigenvalue weighted by molar-refractivity contribution is -0.120. The molecule has 2 N–H and O–H groups in total. The molecule has 78 valence electrons. The largest absolute Gasteiger partial charge is 0.310 e. The molecule has 1 heterocycles. The quantitative estimate of drug-likeness (QED) is 0.876. The molecule has 0 bridgehead atoms. The van der Waals surface area contributed by atoms with Crippen molar-refractivity contribution in [2.45, 2.75) is 20.8 Å². The van der Waals surface area contributed by atoms with Crippen LogP contribution in [0.2, 0.25) is 0 Å². The van der Waals surface area contributed by atoms with Crippen molar-refractivity contribution in [3.63, 3.8) is 0 Å². The van der Waals surface area contributed by atoms with E-state index in [1.165, 1.54) is 0 Å². The van der Waals surface area contributed by atoms with Gasteiger partial charge in [-0.25, -0.2) is 0 Å². The lowest BCUT2D eigenvalue weighted by Gasteiger charge is -2.14. The van der Waals surface area contributed by atoms with Gasteiger partial charge in [-0.15, -0.1) is 0 Å². The van der Waals surface area contributed by atoms with E-state index in [9.17, 15) is 4.79 Å². The molecule has 1 atom stereocenters. The van der Waals surface area contributed by atoms with Gasteiger partial charge in [0.05, 0.1) is 10.7 Å². The van der Waals surface area contributed by atoms with Crippen LogP contribution in [0, 0.1) is 11.8 Å². The molecule has 14 heavy (non-hydrogen) atoms. The molecule has 0 aliphatic rings. The van der Waals surface area contributed by atoms with Gasteiger partial charge in [-0.1, -0.05) is 20.8 Å². The van der Waals surface area contributed by atoms with Crippen molar-refractivity contribution in [1.29, 1.82) is 0 Å². The number of rotatable bonds is 3. The average molecular weight is 260 g/mol. The third kappa shape index (κ3) is 2.57. The molecule has 0 fully saturated rings. The maximum atomic E-state index is 11.6. The molecule has 0 saturated heterocycles. The van der Waals surface area contributed by atoms with Crippen LogP contribution in [0.1, 0.15) is 20.8 Å². The second-order valence-electron chi connectivity index (χ2n) is 3.61. The fourth-order valence-electron chi connectivity index (χ4n) is 0.899. The number of carbonyl (C=O) groups is 1. The first kappa shape index (κ1) is 11.2. The van der Waals surface area contributed by atoms with Crippen molar-refractivity contribution in [2.24, 2.45) is 11.8 Å². The Morgan fingerprint density at radius 1 is 1.57 bits per heavy atom. The van der Waals surface area contributed by atoms with E-state index in [0.29, 0.717) is 11.7 Å². The van der Waals surface area contributed by atoms with Crippen LogP contribution in [0.25, 0.3) is 0 Å². The van der Waals surface area contributed by atoms with Crippen molar-refractivity contribution in [2.75, 3.05) is 5.32 Å². The number of nitrogens with zero attached hydrogens (tertiary/aromatic N) is 1. The van der Waals surface area contributed by atoms with Crippen molar-refractivity contribution in [3.8, 4) is 0 Å². The molecule has 1 amide bonds. The van der Waals surface area contributed by atoms with Crippen LogP contribution in [0.15, 0.2) is 10.7 Å². The van der Waals surface area contributed by atoms with E-state index < -0.39 is 0 Å². The van der Waals surface area contributed by atoms with Gasteiger partial charge in [-0.05, 0) is 21.8 Å². The van der Waals surface area contributed by atoms with E-state index in [1.807, 2.05) is 20.8 Å². The summed E-state index contributed by atoms with van der Waals surface area (Å²) in [6.45, 7) is 5.95. The van der Waals surface area contributed by atoms with Crippen LogP contribution in [0.5, 0.6) is 0 Å². The predicted molar refractivity (Wildman–Crippen MR) is 58.9 cm³/mol. The van der Waals surface area contributed by atoms with Crippen molar-refractivity contribution in [3.05, 3.63) is 10.7 Å². The Bertz CT molecular complexity index is 322. The Labute approximate surface area is 91.6 Å². The second-order valence-corrected chi connectivity index (χ2v) is 4.47. The van der Waals surface area contributed by atoms with Gasteiger partial charge in [0.2, 0.25) is 5.91 Å². The first-order valence-electron chi connectivity index (χ1n) is 4.52. The van der Waals surface area contributed by atoms with E-state index in [-0.39, 0.29) is 11.8 Å². The zero-order valence-electron chi connectivity index (χ0n) is 8.47. The number of aromatic nitrogens is 2. The fraction of sp³-hybridized carbons (Fsp3) is 0.556. The van der Waals surface area contributed by atoms with Gasteiger partial charge in [-0.3, -0.25) is 9.89 Å². The Kier molecular flexibility index (Phi) is 3.69. The Morgan fingerprint density at radius 2 is 2.21 bits per heavy atom. The Balaban J connectivity index is 2.62. The van der Waals surface area contributed by atoms with Gasteiger partial charge >= 0.3 is 0 Å². The van der Waals surface area contributed by atoms with E-state index in [0.717, 1.165) is 4.47 Å². The predicted octanol–water partition coefficient (Wildman–Crippen LogP) is 2.40. The van der Waals surface area contributed by atoms with Crippen LogP contribution in [0.4, 0.5) is 5.82 Å². The van der Waals surface area contributed by atoms with Gasteiger partial charge in [0.25, 0.3) is 0 Å². The highest BCUT2D eigenvalue weighted by molar-refractivity contribution is 9.10. The summed E-state index contributed by atoms with van der Waals surface area (Å²) in [5.74, 6) is 0.939. The van der Waals surface area contributed by atoms with E-state index in [1.54, 1.807) is 6.20 Å². The summed E-state index contributed by atoms with van der Waals surface area (Å²) < 4.78 is 0.766. The topological polar surface area (TPSA) is 57.8 Å². The number of H-pyrrole nitrogens is 1. The number of aromatic amines is 1. The first-order valence-corrected chi connectivity index (χ1v) is 5.31. The number of nitrogens with one attached hydrogen (secondary N) is 2. The number of halogens is 1. The molecular weight excluding hydrogens is 246 g/mol. The van der Waals surface area contributed by atoms with Gasteiger partial charge in [0.1, 0.15) is 5.82 Å². The maximum absolute atomic E-state index is 11.6. The molecule has 0 spiro atoms. The molecule has 0 aliphatic heterocycles. The normalized spacial score (nSPS) is 12.9. The lowest BCUT2D eigenvalue weighted by atomic mass is 9.97. The number of anilines is 1. The SMILES string of the molecule is CC(C)C(C)C(=O)Nc1[nH]ncc1Br. The van der Waals surface area contributed by atoms with Crippen molar-refractivity contribution < 1.29 is 4.79 Å². The molecule has 1 unspecified atom stereocenters. The second kappa shape index (κ2) is 4.59. The van der Waals surface area contributed by atoms with Gasteiger partial charge in [0.15, 0.2) is 0 Å². The highest BCUT2D eigenvalue weighted by Crippen LogP contribution is 2.19. The summed E-state index contributed by atoms with van der Waals surface area (Å²) >= 11 is 3.27. The van der Waals surface area contributed by atoms with E-state index in [2.05, 4.69) is 31.4 Å². The Hall–Kier alpha value is -0.840. The average Bonchev–Trinajstić information content (AvgIpc) is 2.50. The lowest BCUT2D eigenvalue weighted by Crippen LogP contribution is -2.24. The van der Waals surface area contributed by atoms with Crippen LogP contribution in [-0.4, -0.2) is 16.1 Å². The number of carbonyl (C=O) groups excluding carboxylic acids is 1. The van der Waals surface area contributed by atoms with Crippen LogP contribution < -0.4 is 5.32 Å². The van der Waals surface area contributed by atoms with Crippen LogP contribution in [0.3, 0.4) is 0 Å². The third-order valence-electron chi connectivity index (χ3n) is 2.25. The minimum absolute atomic E-state index is 0.00458. The summed E-state index contributed by atoms with van der Waals surface area (Å²) in [6.07, 6.45) is 1.61. The fourth-order valence-corrected chi connectivity index (χ4v) is 1.19. The van der Waals surface area contributed by atoms with Gasteiger partial charge in [0, 0.05) is 5.92 Å². The highest BCUT2D eigenvalue weighted by atomic mass is 79.9. The standard InChI is InChI=1S/C9H14BrN3O/c1-5(2)6(3)9(14)12-8-7(10)4-11-13-8/h4-6H,1-3H3,(H2,11,12,13,14). The van der Waals surface area contributed by atoms with E-state index in [4.69, 9.17) is 0 Å². The summed E-state index contributed by atoms with van der Waals surface area (Å²) in [5, 5.41) is 9.26. The first-order chi connectivity index (χ1) is 6.52. The molecule has 1 rings (SSSR count). The van der Waals surface area contributed by atoms with E-state index >= 15 is 0 Å². The smallest absolute Gasteiger partial charge is 0.228 e. The van der Waals surface area contributed by atoms with Gasteiger partial charge in [-0.2, -0.15) is 5.10 Å². The summed E-state index contributed by atoms with van der Waals surface area (Å²) in [5.41, 5.74) is 0. The molecule has 0 aromatic carbocycles. The zero-order chi connectivity index (χ0) is 10.7. The van der Waals surface area contributed by atoms with Crippen LogP contribution in [-0.2, 0) is 4.79 Å². The molecule has 0 saturated carbocycles. The minimum Gasteiger partial charge on any atom is -0.310 e. The zero-order valence-corrected chi connectivity index (χ0v) is 10.1. The van der Waals surface area contributed by atoms with Crippen LogP contribution >= 0.6 is 15.9 Å². The van der Waals surface area contributed by atoms with Crippen molar-refractivity contribution >= 4 is 27.7 Å². The Morgan fingerprint density at radius 3 is 2.64 bits per heavy atom. The molecule has 5 heteroatoms. The number of amides is 1.